The van der Waals surface area contributed by atoms with Crippen molar-refractivity contribution in [3.63, 3.8) is 0 Å². The Hall–Kier alpha value is -1.81. The van der Waals surface area contributed by atoms with Gasteiger partial charge in [0, 0.05) is 5.82 Å². The maximum absolute atomic E-state index is 13.4. The van der Waals surface area contributed by atoms with Crippen LogP contribution < -0.4 is 0 Å². The molecular weight excluding hydrogens is 461 g/mol. The number of rotatable bonds is 11. The summed E-state index contributed by atoms with van der Waals surface area (Å²) in [6.45, 7) is 4.85. The molecule has 0 aliphatic carbocycles. The molecule has 2 aromatic carbocycles. The fourth-order valence-electron chi connectivity index (χ4n) is 2.74. The van der Waals surface area contributed by atoms with E-state index in [0.717, 1.165) is 5.82 Å². The maximum Gasteiger partial charge on any atom is 0.353 e. The summed E-state index contributed by atoms with van der Waals surface area (Å²) in [6, 6.07) is 13.3. The summed E-state index contributed by atoms with van der Waals surface area (Å²) in [5.74, 6) is 1.10. The first-order valence-corrected chi connectivity index (χ1v) is 14.1. The van der Waals surface area contributed by atoms with E-state index in [2.05, 4.69) is 0 Å². The zero-order valence-corrected chi connectivity index (χ0v) is 20.0. The Morgan fingerprint density at radius 1 is 0.839 bits per heavy atom. The normalized spacial score (nSPS) is 14.2. The summed E-state index contributed by atoms with van der Waals surface area (Å²) >= 11 is 0. The van der Waals surface area contributed by atoms with Crippen molar-refractivity contribution in [2.75, 3.05) is 13.2 Å². The first-order valence-electron chi connectivity index (χ1n) is 9.56. The molecule has 170 valence electrons. The van der Waals surface area contributed by atoms with Gasteiger partial charge in [0.1, 0.15) is 0 Å². The second kappa shape index (κ2) is 10.7. The molecule has 0 N–H and O–H groups in total. The number of nitrogens with zero attached hydrogens (tertiary/aromatic N) is 1. The molecule has 0 amide bonds. The van der Waals surface area contributed by atoms with Gasteiger partial charge in [-0.15, -0.1) is 0 Å². The summed E-state index contributed by atoms with van der Waals surface area (Å²) in [6.07, 6.45) is 1.20. The zero-order chi connectivity index (χ0) is 23.1. The predicted octanol–water partition coefficient (Wildman–Crippen LogP) is 4.23. The lowest BCUT2D eigenvalue weighted by Crippen LogP contribution is -2.42. The second-order valence-corrected chi connectivity index (χ2v) is 12.1. The highest BCUT2D eigenvalue weighted by Crippen LogP contribution is 2.49. The third-order valence-electron chi connectivity index (χ3n) is 4.05. The average molecular weight is 488 g/mol. The second-order valence-electron chi connectivity index (χ2n) is 6.32. The summed E-state index contributed by atoms with van der Waals surface area (Å²) in [5.41, 5.74) is 0. The highest BCUT2D eigenvalue weighted by Gasteiger charge is 2.39. The SMILES string of the molecule is CCOP(=O)(/C=C/C(C)N(S(=O)(=O)c1ccccc1)S(=O)(=O)c1ccccc1)OCC. The number of hydrogen-bond donors (Lipinski definition) is 0. The van der Waals surface area contributed by atoms with E-state index in [1.165, 1.54) is 61.5 Å². The van der Waals surface area contributed by atoms with Crippen molar-refractivity contribution < 1.29 is 30.4 Å². The van der Waals surface area contributed by atoms with Crippen molar-refractivity contribution in [3.05, 3.63) is 72.6 Å². The fourth-order valence-corrected chi connectivity index (χ4v) is 8.15. The summed E-state index contributed by atoms with van der Waals surface area (Å²) in [7, 11) is -12.6. The molecule has 8 nitrogen and oxygen atoms in total. The standard InChI is InChI=1S/C20H26NO7PS2/c1-4-27-29(22,28-5-2)17-16-18(3)21(30(23,24)19-12-8-6-9-13-19)31(25,26)20-14-10-7-11-15-20/h6-18H,4-5H2,1-3H3/b17-16+. The van der Waals surface area contributed by atoms with Crippen molar-refractivity contribution in [3.8, 4) is 0 Å². The van der Waals surface area contributed by atoms with Gasteiger partial charge in [-0.1, -0.05) is 46.2 Å². The summed E-state index contributed by atoms with van der Waals surface area (Å²) in [4.78, 5) is -0.375. The molecule has 1 atom stereocenters. The van der Waals surface area contributed by atoms with Gasteiger partial charge in [-0.3, -0.25) is 4.57 Å². The molecule has 2 rings (SSSR count). The van der Waals surface area contributed by atoms with Crippen molar-refractivity contribution in [2.24, 2.45) is 0 Å². The lowest BCUT2D eigenvalue weighted by Gasteiger charge is -2.26. The molecule has 31 heavy (non-hydrogen) atoms. The van der Waals surface area contributed by atoms with E-state index in [4.69, 9.17) is 9.05 Å². The largest absolute Gasteiger partial charge is 0.353 e. The van der Waals surface area contributed by atoms with Gasteiger partial charge in [0.15, 0.2) is 0 Å². The van der Waals surface area contributed by atoms with E-state index < -0.39 is 33.7 Å². The van der Waals surface area contributed by atoms with Crippen molar-refractivity contribution in [1.82, 2.24) is 3.71 Å². The van der Waals surface area contributed by atoms with Gasteiger partial charge in [0.25, 0.3) is 20.0 Å². The molecule has 0 radical (unpaired) electrons. The molecule has 0 aliphatic heterocycles. The van der Waals surface area contributed by atoms with Gasteiger partial charge < -0.3 is 9.05 Å². The van der Waals surface area contributed by atoms with Crippen molar-refractivity contribution in [2.45, 2.75) is 36.6 Å². The van der Waals surface area contributed by atoms with Gasteiger partial charge in [-0.2, -0.15) is 0 Å². The monoisotopic (exact) mass is 487 g/mol. The number of sulfonamides is 2. The Morgan fingerprint density at radius 3 is 1.58 bits per heavy atom. The molecule has 11 heteroatoms. The van der Waals surface area contributed by atoms with Crippen LogP contribution in [0.3, 0.4) is 0 Å². The predicted molar refractivity (Wildman–Crippen MR) is 119 cm³/mol. The Balaban J connectivity index is 2.60. The summed E-state index contributed by atoms with van der Waals surface area (Å²) in [5, 5.41) is 0. The number of benzene rings is 2. The summed E-state index contributed by atoms with van der Waals surface area (Å²) < 4.78 is 76.9. The van der Waals surface area contributed by atoms with Crippen LogP contribution in [0.15, 0.2) is 82.3 Å². The van der Waals surface area contributed by atoms with Crippen LogP contribution in [0.25, 0.3) is 0 Å². The topological polar surface area (TPSA) is 107 Å². The van der Waals surface area contributed by atoms with Crippen LogP contribution in [0.4, 0.5) is 0 Å². The molecule has 0 saturated carbocycles. The van der Waals surface area contributed by atoms with E-state index in [1.54, 1.807) is 26.0 Å². The minimum atomic E-state index is -4.48. The lowest BCUT2D eigenvalue weighted by atomic mass is 10.4. The molecule has 0 fully saturated rings. The molecule has 1 unspecified atom stereocenters. The number of hydrogen-bond acceptors (Lipinski definition) is 7. The fraction of sp³-hybridized carbons (Fsp3) is 0.300. The molecule has 0 aromatic heterocycles. The molecule has 0 bridgehead atoms. The minimum Gasteiger partial charge on any atom is -0.306 e. The zero-order valence-electron chi connectivity index (χ0n) is 17.5. The maximum atomic E-state index is 13.4. The average Bonchev–Trinajstić information content (AvgIpc) is 2.74. The third kappa shape index (κ3) is 6.12. The van der Waals surface area contributed by atoms with Crippen LogP contribution in [0.1, 0.15) is 20.8 Å². The molecular formula is C20H26NO7PS2. The van der Waals surface area contributed by atoms with E-state index in [-0.39, 0.29) is 23.0 Å². The van der Waals surface area contributed by atoms with Gasteiger partial charge in [0.05, 0.1) is 29.0 Å². The van der Waals surface area contributed by atoms with Crippen molar-refractivity contribution in [1.29, 1.82) is 0 Å². The van der Waals surface area contributed by atoms with Crippen LogP contribution in [-0.4, -0.2) is 39.8 Å². The van der Waals surface area contributed by atoms with E-state index in [0.29, 0.717) is 3.71 Å². The molecule has 0 spiro atoms. The molecule has 0 aliphatic rings. The smallest absolute Gasteiger partial charge is 0.306 e. The van der Waals surface area contributed by atoms with Crippen LogP contribution in [0.2, 0.25) is 0 Å². The van der Waals surface area contributed by atoms with E-state index in [1.807, 2.05) is 0 Å². The lowest BCUT2D eigenvalue weighted by molar-refractivity contribution is 0.228. The third-order valence-corrected chi connectivity index (χ3v) is 10.4. The van der Waals surface area contributed by atoms with Gasteiger partial charge in [0.2, 0.25) is 0 Å². The van der Waals surface area contributed by atoms with Crippen molar-refractivity contribution >= 4 is 27.6 Å². The Kier molecular flexibility index (Phi) is 8.76. The van der Waals surface area contributed by atoms with Crippen LogP contribution in [0.5, 0.6) is 0 Å². The van der Waals surface area contributed by atoms with E-state index in [9.17, 15) is 21.4 Å². The first-order chi connectivity index (χ1) is 14.6. The molecule has 2 aromatic rings. The van der Waals surface area contributed by atoms with E-state index >= 15 is 0 Å². The Labute approximate surface area is 184 Å². The quantitative estimate of drug-likeness (QED) is 0.437. The minimum absolute atomic E-state index is 0.102. The van der Waals surface area contributed by atoms with Crippen LogP contribution in [0, 0.1) is 0 Å². The van der Waals surface area contributed by atoms with Crippen LogP contribution >= 0.6 is 7.60 Å². The highest BCUT2D eigenvalue weighted by molar-refractivity contribution is 8.04. The Morgan fingerprint density at radius 2 is 1.23 bits per heavy atom. The van der Waals surface area contributed by atoms with Gasteiger partial charge in [-0.25, -0.2) is 16.8 Å². The van der Waals surface area contributed by atoms with Crippen LogP contribution in [-0.2, 0) is 33.7 Å². The molecule has 0 saturated heterocycles. The molecule has 0 heterocycles. The van der Waals surface area contributed by atoms with Gasteiger partial charge >= 0.3 is 7.60 Å². The Bertz CT molecular complexity index is 1060. The highest BCUT2D eigenvalue weighted by atomic mass is 32.3. The first kappa shape index (κ1) is 25.5. The van der Waals surface area contributed by atoms with Gasteiger partial charge in [-0.05, 0) is 45.0 Å².